The summed E-state index contributed by atoms with van der Waals surface area (Å²) in [5, 5.41) is 3.29. The summed E-state index contributed by atoms with van der Waals surface area (Å²) < 4.78 is 1.01. The molecule has 0 saturated heterocycles. The van der Waals surface area contributed by atoms with Gasteiger partial charge < -0.3 is 11.1 Å². The van der Waals surface area contributed by atoms with Crippen LogP contribution in [0.15, 0.2) is 18.2 Å². The number of nitrogens with two attached hydrogens (primary N) is 1. The third-order valence-corrected chi connectivity index (χ3v) is 3.47. The van der Waals surface area contributed by atoms with Crippen LogP contribution in [-0.4, -0.2) is 11.4 Å². The van der Waals surface area contributed by atoms with Crippen molar-refractivity contribution in [2.75, 3.05) is 5.32 Å². The molecule has 1 unspecified atom stereocenters. The Morgan fingerprint density at radius 1 is 1.59 bits per heavy atom. The third kappa shape index (κ3) is 4.12. The minimum absolute atomic E-state index is 0.205. The molecule has 0 saturated carbocycles. The summed E-state index contributed by atoms with van der Waals surface area (Å²) in [6.07, 6.45) is 1.50. The van der Waals surface area contributed by atoms with Crippen LogP contribution in [0.2, 0.25) is 5.02 Å². The molecule has 0 heterocycles. The van der Waals surface area contributed by atoms with Gasteiger partial charge >= 0.3 is 0 Å². The first kappa shape index (κ1) is 14.7. The topological polar surface area (TPSA) is 55.1 Å². The van der Waals surface area contributed by atoms with Gasteiger partial charge in [0.2, 0.25) is 5.91 Å². The average molecular weight is 367 g/mol. The highest BCUT2D eigenvalue weighted by Gasteiger charge is 2.27. The van der Waals surface area contributed by atoms with Crippen molar-refractivity contribution in [2.45, 2.75) is 32.2 Å². The molecule has 0 radical (unpaired) electrons. The second-order valence-electron chi connectivity index (χ2n) is 4.25. The lowest BCUT2D eigenvalue weighted by Crippen LogP contribution is -2.48. The molecule has 1 aromatic rings. The minimum Gasteiger partial charge on any atom is -0.323 e. The highest BCUT2D eigenvalue weighted by Crippen LogP contribution is 2.25. The van der Waals surface area contributed by atoms with E-state index in [1.807, 2.05) is 19.1 Å². The van der Waals surface area contributed by atoms with Crippen molar-refractivity contribution in [1.82, 2.24) is 0 Å². The Labute approximate surface area is 120 Å². The maximum atomic E-state index is 12.0. The summed E-state index contributed by atoms with van der Waals surface area (Å²) in [5.74, 6) is -0.205. The summed E-state index contributed by atoms with van der Waals surface area (Å²) in [4.78, 5) is 12.0. The van der Waals surface area contributed by atoms with E-state index in [0.717, 1.165) is 9.99 Å². The average Bonchev–Trinajstić information content (AvgIpc) is 2.23. The maximum absolute atomic E-state index is 12.0. The third-order valence-electron chi connectivity index (χ3n) is 2.46. The summed E-state index contributed by atoms with van der Waals surface area (Å²) in [6.45, 7) is 3.73. The molecular weight excluding hydrogens is 351 g/mol. The number of halogens is 2. The largest absolute Gasteiger partial charge is 0.323 e. The number of nitrogens with one attached hydrogen (secondary N) is 1. The number of hydrogen-bond donors (Lipinski definition) is 2. The number of carbonyl (C=O) groups excluding carboxylic acids is 1. The smallest absolute Gasteiger partial charge is 0.244 e. The van der Waals surface area contributed by atoms with Crippen LogP contribution < -0.4 is 11.1 Å². The fourth-order valence-electron chi connectivity index (χ4n) is 1.49. The highest BCUT2D eigenvalue weighted by molar-refractivity contribution is 14.1. The van der Waals surface area contributed by atoms with Crippen molar-refractivity contribution >= 4 is 45.8 Å². The van der Waals surface area contributed by atoms with Gasteiger partial charge in [-0.2, -0.15) is 0 Å². The summed E-state index contributed by atoms with van der Waals surface area (Å²) in [5.41, 5.74) is 5.70. The number of amides is 1. The Morgan fingerprint density at radius 2 is 2.24 bits per heavy atom. The molecule has 0 aliphatic carbocycles. The lowest BCUT2D eigenvalue weighted by atomic mass is 9.96. The normalized spacial score (nSPS) is 14.2. The summed E-state index contributed by atoms with van der Waals surface area (Å²) >= 11 is 8.17. The van der Waals surface area contributed by atoms with E-state index in [1.165, 1.54) is 0 Å². The minimum atomic E-state index is -0.862. The second-order valence-corrected chi connectivity index (χ2v) is 5.90. The molecule has 1 aromatic carbocycles. The molecule has 17 heavy (non-hydrogen) atoms. The number of hydrogen-bond acceptors (Lipinski definition) is 2. The molecule has 3 nitrogen and oxygen atoms in total. The van der Waals surface area contributed by atoms with Gasteiger partial charge in [0.25, 0.3) is 0 Å². The molecule has 0 aliphatic heterocycles. The molecule has 3 N–H and O–H groups in total. The van der Waals surface area contributed by atoms with Gasteiger partial charge in [-0.15, -0.1) is 0 Å². The molecule has 0 bridgehead atoms. The molecule has 0 spiro atoms. The van der Waals surface area contributed by atoms with E-state index < -0.39 is 5.54 Å². The van der Waals surface area contributed by atoms with Gasteiger partial charge in [-0.05, 0) is 54.1 Å². The first-order chi connectivity index (χ1) is 7.86. The van der Waals surface area contributed by atoms with Gasteiger partial charge in [-0.3, -0.25) is 4.79 Å². The summed E-state index contributed by atoms with van der Waals surface area (Å²) in [6, 6.07) is 5.46. The van der Waals surface area contributed by atoms with Crippen molar-refractivity contribution in [3.8, 4) is 0 Å². The molecule has 94 valence electrons. The van der Waals surface area contributed by atoms with Crippen LogP contribution in [0.4, 0.5) is 5.69 Å². The van der Waals surface area contributed by atoms with E-state index in [1.54, 1.807) is 13.0 Å². The van der Waals surface area contributed by atoms with Crippen molar-refractivity contribution in [2.24, 2.45) is 5.73 Å². The zero-order chi connectivity index (χ0) is 13.1. The first-order valence-corrected chi connectivity index (χ1v) is 6.88. The van der Waals surface area contributed by atoms with Crippen molar-refractivity contribution < 1.29 is 4.79 Å². The van der Waals surface area contributed by atoms with Gasteiger partial charge in [0.15, 0.2) is 0 Å². The monoisotopic (exact) mass is 366 g/mol. The van der Waals surface area contributed by atoms with Crippen LogP contribution in [-0.2, 0) is 4.79 Å². The van der Waals surface area contributed by atoms with Crippen molar-refractivity contribution in [1.29, 1.82) is 0 Å². The number of rotatable bonds is 4. The Bertz CT molecular complexity index is 421. The van der Waals surface area contributed by atoms with E-state index in [2.05, 4.69) is 27.9 Å². The van der Waals surface area contributed by atoms with Crippen LogP contribution in [0.1, 0.15) is 26.7 Å². The van der Waals surface area contributed by atoms with Gasteiger partial charge in [0.1, 0.15) is 0 Å². The lowest BCUT2D eigenvalue weighted by molar-refractivity contribution is -0.120. The Morgan fingerprint density at radius 3 is 2.82 bits per heavy atom. The van der Waals surface area contributed by atoms with Crippen LogP contribution in [0.3, 0.4) is 0 Å². The molecule has 0 fully saturated rings. The molecule has 1 atom stereocenters. The van der Waals surface area contributed by atoms with E-state index in [0.29, 0.717) is 17.1 Å². The standard InChI is InChI=1S/C12H16ClIN2O/c1-3-6-12(2,15)11(17)16-10-7-8(14)4-5-9(10)13/h4-5,7H,3,6,15H2,1-2H3,(H,16,17). The van der Waals surface area contributed by atoms with Crippen LogP contribution in [0.5, 0.6) is 0 Å². The number of anilines is 1. The van der Waals surface area contributed by atoms with Crippen LogP contribution >= 0.6 is 34.2 Å². The maximum Gasteiger partial charge on any atom is 0.244 e. The van der Waals surface area contributed by atoms with E-state index in [9.17, 15) is 4.79 Å². The predicted octanol–water partition coefficient (Wildman–Crippen LogP) is 3.40. The van der Waals surface area contributed by atoms with Crippen LogP contribution in [0, 0.1) is 3.57 Å². The van der Waals surface area contributed by atoms with Crippen molar-refractivity contribution in [3.05, 3.63) is 26.8 Å². The van der Waals surface area contributed by atoms with Gasteiger partial charge in [0.05, 0.1) is 16.2 Å². The molecule has 5 heteroatoms. The van der Waals surface area contributed by atoms with Crippen LogP contribution in [0.25, 0.3) is 0 Å². The number of carbonyl (C=O) groups is 1. The zero-order valence-corrected chi connectivity index (χ0v) is 12.8. The quantitative estimate of drug-likeness (QED) is 0.803. The van der Waals surface area contributed by atoms with E-state index >= 15 is 0 Å². The van der Waals surface area contributed by atoms with E-state index in [-0.39, 0.29) is 5.91 Å². The molecular formula is C12H16ClIN2O. The Kier molecular flexibility index (Phi) is 5.22. The van der Waals surface area contributed by atoms with Gasteiger partial charge in [-0.25, -0.2) is 0 Å². The highest BCUT2D eigenvalue weighted by atomic mass is 127. The molecule has 1 amide bonds. The summed E-state index contributed by atoms with van der Waals surface area (Å²) in [7, 11) is 0. The molecule has 0 aromatic heterocycles. The lowest BCUT2D eigenvalue weighted by Gasteiger charge is -2.23. The van der Waals surface area contributed by atoms with Crippen molar-refractivity contribution in [3.63, 3.8) is 0 Å². The number of benzene rings is 1. The van der Waals surface area contributed by atoms with E-state index in [4.69, 9.17) is 17.3 Å². The fourth-order valence-corrected chi connectivity index (χ4v) is 2.15. The Balaban J connectivity index is 2.84. The fraction of sp³-hybridized carbons (Fsp3) is 0.417. The van der Waals surface area contributed by atoms with Gasteiger partial charge in [0, 0.05) is 3.57 Å². The second kappa shape index (κ2) is 6.02. The molecule has 1 rings (SSSR count). The first-order valence-electron chi connectivity index (χ1n) is 5.42. The predicted molar refractivity (Wildman–Crippen MR) is 80.3 cm³/mol. The zero-order valence-electron chi connectivity index (χ0n) is 9.89. The van der Waals surface area contributed by atoms with Gasteiger partial charge in [-0.1, -0.05) is 24.9 Å². The molecule has 0 aliphatic rings. The SMILES string of the molecule is CCCC(C)(N)C(=O)Nc1cc(I)ccc1Cl. The Hall–Kier alpha value is -0.330.